The number of nitriles is 1. The minimum Gasteiger partial charge on any atom is -0.346 e. The summed E-state index contributed by atoms with van der Waals surface area (Å²) in [4.78, 5) is 29.5. The minimum atomic E-state index is -0.363. The molecule has 4 rings (SSSR count). The van der Waals surface area contributed by atoms with Crippen LogP contribution in [0, 0.1) is 11.3 Å². The van der Waals surface area contributed by atoms with E-state index in [2.05, 4.69) is 21.6 Å². The number of nitrogens with one attached hydrogen (secondary N) is 1. The van der Waals surface area contributed by atoms with Gasteiger partial charge in [0.2, 0.25) is 5.91 Å². The number of rotatable bonds is 9. The molecule has 1 aromatic carbocycles. The van der Waals surface area contributed by atoms with E-state index in [9.17, 15) is 14.9 Å². The summed E-state index contributed by atoms with van der Waals surface area (Å²) >= 11 is 1.68. The van der Waals surface area contributed by atoms with Gasteiger partial charge in [-0.3, -0.25) is 14.0 Å². The number of anilines is 2. The van der Waals surface area contributed by atoms with Gasteiger partial charge in [0, 0.05) is 33.1 Å². The summed E-state index contributed by atoms with van der Waals surface area (Å²) in [6.45, 7) is 0. The third kappa shape index (κ3) is 4.86. The number of benzene rings is 1. The van der Waals surface area contributed by atoms with Crippen LogP contribution in [0.15, 0.2) is 60.1 Å². The maximum absolute atomic E-state index is 13.0. The van der Waals surface area contributed by atoms with Crippen molar-refractivity contribution in [2.45, 2.75) is 25.3 Å². The molecule has 10 heteroatoms. The molecule has 0 fully saturated rings. The summed E-state index contributed by atoms with van der Waals surface area (Å²) in [6.07, 6.45) is 4.46. The Morgan fingerprint density at radius 2 is 1.74 bits per heavy atom. The summed E-state index contributed by atoms with van der Waals surface area (Å²) in [5.74, 6) is 1.37. The van der Waals surface area contributed by atoms with Gasteiger partial charge in [-0.25, -0.2) is 0 Å². The lowest BCUT2D eigenvalue weighted by atomic mass is 10.1. The quantitative estimate of drug-likeness (QED) is 0.360. The van der Waals surface area contributed by atoms with E-state index in [1.165, 1.54) is 0 Å². The zero-order chi connectivity index (χ0) is 24.9. The molecule has 0 saturated heterocycles. The molecule has 0 spiro atoms. The first-order valence-electron chi connectivity index (χ1n) is 11.3. The molecule has 1 unspecified atom stereocenters. The first-order valence-corrected chi connectivity index (χ1v) is 12.7. The van der Waals surface area contributed by atoms with Crippen molar-refractivity contribution in [1.29, 1.82) is 5.26 Å². The number of nitrogens with zero attached hydrogens (tertiary/aromatic N) is 6. The highest BCUT2D eigenvalue weighted by molar-refractivity contribution is 7.98. The maximum atomic E-state index is 13.0. The SMILES string of the molecule is CSCCC(NC(=O)CCC(=O)C(C#N)=C1N(C)c2ccccc2N1C)c1nnc2ccccn12. The molecule has 1 amide bonds. The molecule has 0 radical (unpaired) electrons. The summed E-state index contributed by atoms with van der Waals surface area (Å²) in [7, 11) is 3.66. The fourth-order valence-corrected chi connectivity index (χ4v) is 4.75. The monoisotopic (exact) mass is 489 g/mol. The predicted octanol–water partition coefficient (Wildman–Crippen LogP) is 3.31. The number of allylic oxidation sites excluding steroid dienone is 1. The van der Waals surface area contributed by atoms with Crippen LogP contribution in [0.4, 0.5) is 11.4 Å². The summed E-state index contributed by atoms with van der Waals surface area (Å²) in [5, 5.41) is 21.3. The molecule has 2 aromatic heterocycles. The van der Waals surface area contributed by atoms with Crippen LogP contribution in [-0.4, -0.2) is 52.4 Å². The smallest absolute Gasteiger partial charge is 0.221 e. The molecule has 0 saturated carbocycles. The van der Waals surface area contributed by atoms with Crippen molar-refractivity contribution in [2.75, 3.05) is 35.9 Å². The van der Waals surface area contributed by atoms with Crippen LogP contribution in [0.1, 0.15) is 31.1 Å². The molecule has 3 aromatic rings. The van der Waals surface area contributed by atoms with Gasteiger partial charge in [-0.2, -0.15) is 17.0 Å². The van der Waals surface area contributed by atoms with Crippen LogP contribution in [0.25, 0.3) is 5.65 Å². The summed E-state index contributed by atoms with van der Waals surface area (Å²) in [6, 6.07) is 15.1. The Morgan fingerprint density at radius 1 is 1.06 bits per heavy atom. The van der Waals surface area contributed by atoms with Gasteiger partial charge in [0.25, 0.3) is 0 Å². The molecule has 1 atom stereocenters. The minimum absolute atomic E-state index is 0.0236. The Balaban J connectivity index is 1.46. The fraction of sp³-hybridized carbons (Fsp3) is 0.320. The number of thioether (sulfide) groups is 1. The lowest BCUT2D eigenvalue weighted by Crippen LogP contribution is -2.31. The molecule has 1 aliphatic rings. The Labute approximate surface area is 208 Å². The number of aromatic nitrogens is 3. The van der Waals surface area contributed by atoms with E-state index in [1.807, 2.05) is 83.2 Å². The standard InChI is InChI=1S/C25H27N7O2S/c1-30-19-8-4-5-9-20(19)31(2)25(30)17(16-26)21(33)11-12-23(34)27-18(13-15-35-3)24-29-28-22-10-6-7-14-32(22)24/h4-10,14,18H,11-13,15H2,1-3H3,(H,27,34). The molecule has 9 nitrogen and oxygen atoms in total. The number of fused-ring (bicyclic) bond motifs is 2. The van der Waals surface area contributed by atoms with Gasteiger partial charge < -0.3 is 15.1 Å². The molecule has 180 valence electrons. The van der Waals surface area contributed by atoms with Crippen LogP contribution >= 0.6 is 11.8 Å². The van der Waals surface area contributed by atoms with Gasteiger partial charge in [-0.15, -0.1) is 10.2 Å². The number of Topliss-reactive ketones (excluding diaryl/α,β-unsaturated/α-hetero) is 1. The molecule has 35 heavy (non-hydrogen) atoms. The van der Waals surface area contributed by atoms with Gasteiger partial charge in [0.1, 0.15) is 17.5 Å². The van der Waals surface area contributed by atoms with E-state index in [0.29, 0.717) is 23.7 Å². The van der Waals surface area contributed by atoms with Crippen molar-refractivity contribution in [3.8, 4) is 6.07 Å². The van der Waals surface area contributed by atoms with E-state index in [4.69, 9.17) is 0 Å². The third-order valence-corrected chi connectivity index (χ3v) is 6.67. The molecule has 0 bridgehead atoms. The second-order valence-corrected chi connectivity index (χ2v) is 9.21. The van der Waals surface area contributed by atoms with Crippen molar-refractivity contribution in [3.05, 3.63) is 65.9 Å². The molecule has 1 aliphatic heterocycles. The van der Waals surface area contributed by atoms with Gasteiger partial charge in [0.15, 0.2) is 17.3 Å². The molecular weight excluding hydrogens is 462 g/mol. The number of carbonyl (C=O) groups excluding carboxylic acids is 2. The number of hydrogen-bond donors (Lipinski definition) is 1. The second-order valence-electron chi connectivity index (χ2n) is 8.23. The Kier molecular flexibility index (Phi) is 7.36. The highest BCUT2D eigenvalue weighted by Gasteiger charge is 2.31. The highest BCUT2D eigenvalue weighted by Crippen LogP contribution is 2.40. The predicted molar refractivity (Wildman–Crippen MR) is 137 cm³/mol. The van der Waals surface area contributed by atoms with Crippen LogP contribution in [-0.2, 0) is 9.59 Å². The summed E-state index contributed by atoms with van der Waals surface area (Å²) in [5.41, 5.74) is 2.58. The first kappa shape index (κ1) is 24.3. The average Bonchev–Trinajstić information content (AvgIpc) is 3.41. The van der Waals surface area contributed by atoms with Crippen molar-refractivity contribution in [3.63, 3.8) is 0 Å². The van der Waals surface area contributed by atoms with Gasteiger partial charge in [0.05, 0.1) is 17.4 Å². The van der Waals surface area contributed by atoms with Gasteiger partial charge in [-0.1, -0.05) is 18.2 Å². The maximum Gasteiger partial charge on any atom is 0.221 e. The zero-order valence-corrected chi connectivity index (χ0v) is 20.7. The van der Waals surface area contributed by atoms with Crippen LogP contribution in [0.5, 0.6) is 0 Å². The van der Waals surface area contributed by atoms with E-state index in [0.717, 1.165) is 17.1 Å². The number of para-hydroxylation sites is 2. The van der Waals surface area contributed by atoms with E-state index >= 15 is 0 Å². The lowest BCUT2D eigenvalue weighted by molar-refractivity contribution is -0.124. The number of amides is 1. The normalized spacial score (nSPS) is 13.5. The number of hydrogen-bond acceptors (Lipinski definition) is 8. The zero-order valence-electron chi connectivity index (χ0n) is 19.9. The van der Waals surface area contributed by atoms with Gasteiger partial charge >= 0.3 is 0 Å². The Morgan fingerprint density at radius 3 is 2.40 bits per heavy atom. The number of carbonyl (C=O) groups is 2. The third-order valence-electron chi connectivity index (χ3n) is 6.03. The van der Waals surface area contributed by atoms with Crippen LogP contribution < -0.4 is 15.1 Å². The molecule has 3 heterocycles. The van der Waals surface area contributed by atoms with E-state index in [-0.39, 0.29) is 36.1 Å². The second kappa shape index (κ2) is 10.6. The molecule has 0 aliphatic carbocycles. The van der Waals surface area contributed by atoms with Gasteiger partial charge in [-0.05, 0) is 42.7 Å². The highest BCUT2D eigenvalue weighted by atomic mass is 32.2. The topological polar surface area (TPSA) is 107 Å². The molecular formula is C25H27N7O2S. The van der Waals surface area contributed by atoms with Crippen molar-refractivity contribution >= 4 is 40.5 Å². The number of pyridine rings is 1. The van der Waals surface area contributed by atoms with Crippen molar-refractivity contribution < 1.29 is 9.59 Å². The largest absolute Gasteiger partial charge is 0.346 e. The van der Waals surface area contributed by atoms with Crippen LogP contribution in [0.2, 0.25) is 0 Å². The molecule has 1 N–H and O–H groups in total. The van der Waals surface area contributed by atoms with Crippen molar-refractivity contribution in [2.24, 2.45) is 0 Å². The van der Waals surface area contributed by atoms with E-state index < -0.39 is 0 Å². The number of ketones is 1. The average molecular weight is 490 g/mol. The van der Waals surface area contributed by atoms with E-state index in [1.54, 1.807) is 11.8 Å². The lowest BCUT2D eigenvalue weighted by Gasteiger charge is -2.20. The van der Waals surface area contributed by atoms with Crippen LogP contribution in [0.3, 0.4) is 0 Å². The fourth-order valence-electron chi connectivity index (χ4n) is 4.27. The van der Waals surface area contributed by atoms with Crippen molar-refractivity contribution in [1.82, 2.24) is 19.9 Å². The Hall–Kier alpha value is -3.84. The summed E-state index contributed by atoms with van der Waals surface area (Å²) < 4.78 is 1.86. The first-order chi connectivity index (χ1) is 17.0. The Bertz CT molecular complexity index is 1300.